The molecule has 0 aromatic heterocycles. The smallest absolute Gasteiger partial charge is 0.313 e. The first kappa shape index (κ1) is 15.1. The fourth-order valence-corrected chi connectivity index (χ4v) is 2.67. The Morgan fingerprint density at radius 1 is 1.00 bits per heavy atom. The SMILES string of the molecule is C[C@H](C(=O)OCc1ccccc1)c1ccc2ccccc2c1N. The maximum Gasteiger partial charge on any atom is 0.313 e. The highest BCUT2D eigenvalue weighted by Gasteiger charge is 2.20. The summed E-state index contributed by atoms with van der Waals surface area (Å²) in [5, 5.41) is 2.03. The van der Waals surface area contributed by atoms with Gasteiger partial charge in [0.1, 0.15) is 6.61 Å². The Bertz CT molecular complexity index is 827. The summed E-state index contributed by atoms with van der Waals surface area (Å²) < 4.78 is 5.42. The van der Waals surface area contributed by atoms with Crippen LogP contribution in [0.25, 0.3) is 10.8 Å². The van der Waals surface area contributed by atoms with E-state index in [0.29, 0.717) is 5.69 Å². The van der Waals surface area contributed by atoms with Crippen LogP contribution in [0, 0.1) is 0 Å². The molecule has 3 nitrogen and oxygen atoms in total. The summed E-state index contributed by atoms with van der Waals surface area (Å²) in [6, 6.07) is 21.4. The van der Waals surface area contributed by atoms with E-state index in [4.69, 9.17) is 10.5 Å². The standard InChI is InChI=1S/C20H19NO2/c1-14(20(22)23-13-15-7-3-2-4-8-15)17-12-11-16-9-5-6-10-18(16)19(17)21/h2-12,14H,13,21H2,1H3/t14-/m0/s1. The number of carbonyl (C=O) groups is 1. The molecule has 3 rings (SSSR count). The van der Waals surface area contributed by atoms with Gasteiger partial charge >= 0.3 is 5.97 Å². The second-order valence-electron chi connectivity index (χ2n) is 5.60. The summed E-state index contributed by atoms with van der Waals surface area (Å²) in [5.74, 6) is -0.667. The molecule has 0 amide bonds. The second kappa shape index (κ2) is 6.53. The lowest BCUT2D eigenvalue weighted by Crippen LogP contribution is -2.14. The van der Waals surface area contributed by atoms with Gasteiger partial charge in [-0.1, -0.05) is 66.7 Å². The first-order chi connectivity index (χ1) is 11.2. The molecule has 0 saturated heterocycles. The van der Waals surface area contributed by atoms with Crippen LogP contribution in [0.5, 0.6) is 0 Å². The lowest BCUT2D eigenvalue weighted by molar-refractivity contribution is -0.146. The van der Waals surface area contributed by atoms with E-state index in [2.05, 4.69) is 0 Å². The number of ether oxygens (including phenoxy) is 1. The summed E-state index contributed by atoms with van der Waals surface area (Å²) in [7, 11) is 0. The van der Waals surface area contributed by atoms with E-state index in [1.165, 1.54) is 0 Å². The number of rotatable bonds is 4. The third-order valence-electron chi connectivity index (χ3n) is 4.05. The van der Waals surface area contributed by atoms with Crippen molar-refractivity contribution >= 4 is 22.4 Å². The van der Waals surface area contributed by atoms with E-state index < -0.39 is 5.92 Å². The largest absolute Gasteiger partial charge is 0.460 e. The van der Waals surface area contributed by atoms with Crippen LogP contribution in [0.2, 0.25) is 0 Å². The van der Waals surface area contributed by atoms with Gasteiger partial charge in [0, 0.05) is 11.1 Å². The predicted molar refractivity (Wildman–Crippen MR) is 93.0 cm³/mol. The van der Waals surface area contributed by atoms with E-state index in [0.717, 1.165) is 21.9 Å². The van der Waals surface area contributed by atoms with Gasteiger partial charge < -0.3 is 10.5 Å². The summed E-state index contributed by atoms with van der Waals surface area (Å²) in [4.78, 5) is 12.3. The topological polar surface area (TPSA) is 52.3 Å². The van der Waals surface area contributed by atoms with Crippen LogP contribution in [-0.2, 0) is 16.1 Å². The molecule has 0 fully saturated rings. The van der Waals surface area contributed by atoms with Crippen molar-refractivity contribution in [1.82, 2.24) is 0 Å². The van der Waals surface area contributed by atoms with Gasteiger partial charge in [0.15, 0.2) is 0 Å². The van der Waals surface area contributed by atoms with Crippen LogP contribution >= 0.6 is 0 Å². The van der Waals surface area contributed by atoms with Crippen molar-refractivity contribution in [1.29, 1.82) is 0 Å². The highest BCUT2D eigenvalue weighted by Crippen LogP contribution is 2.30. The summed E-state index contributed by atoms with van der Waals surface area (Å²) in [6.45, 7) is 2.10. The minimum absolute atomic E-state index is 0.268. The van der Waals surface area contributed by atoms with Gasteiger partial charge in [-0.25, -0.2) is 0 Å². The number of carbonyl (C=O) groups excluding carboxylic acids is 1. The predicted octanol–water partition coefficient (Wildman–Crippen LogP) is 4.27. The van der Waals surface area contributed by atoms with Crippen molar-refractivity contribution in [2.24, 2.45) is 0 Å². The number of hydrogen-bond donors (Lipinski definition) is 1. The molecule has 0 saturated carbocycles. The van der Waals surface area contributed by atoms with Gasteiger partial charge in [0.2, 0.25) is 0 Å². The zero-order valence-electron chi connectivity index (χ0n) is 13.0. The maximum absolute atomic E-state index is 12.3. The van der Waals surface area contributed by atoms with Gasteiger partial charge in [0.25, 0.3) is 0 Å². The highest BCUT2D eigenvalue weighted by molar-refractivity contribution is 5.96. The highest BCUT2D eigenvalue weighted by atomic mass is 16.5. The molecule has 0 aliphatic carbocycles. The molecule has 0 unspecified atom stereocenters. The Morgan fingerprint density at radius 2 is 1.70 bits per heavy atom. The molecule has 23 heavy (non-hydrogen) atoms. The van der Waals surface area contributed by atoms with Crippen LogP contribution in [0.4, 0.5) is 5.69 Å². The zero-order valence-corrected chi connectivity index (χ0v) is 13.0. The fraction of sp³-hybridized carbons (Fsp3) is 0.150. The van der Waals surface area contributed by atoms with E-state index in [9.17, 15) is 4.79 Å². The quantitative estimate of drug-likeness (QED) is 0.578. The van der Waals surface area contributed by atoms with Gasteiger partial charge in [-0.15, -0.1) is 0 Å². The second-order valence-corrected chi connectivity index (χ2v) is 5.60. The van der Waals surface area contributed by atoms with Crippen LogP contribution in [-0.4, -0.2) is 5.97 Å². The van der Waals surface area contributed by atoms with E-state index >= 15 is 0 Å². The van der Waals surface area contributed by atoms with Crippen molar-refractivity contribution in [3.63, 3.8) is 0 Å². The molecule has 0 aliphatic rings. The molecular weight excluding hydrogens is 286 g/mol. The number of hydrogen-bond acceptors (Lipinski definition) is 3. The first-order valence-electron chi connectivity index (χ1n) is 7.64. The van der Waals surface area contributed by atoms with Crippen molar-refractivity contribution < 1.29 is 9.53 Å². The molecular formula is C20H19NO2. The van der Waals surface area contributed by atoms with Gasteiger partial charge in [-0.05, 0) is 23.4 Å². The first-order valence-corrected chi connectivity index (χ1v) is 7.64. The molecule has 0 bridgehead atoms. The van der Waals surface area contributed by atoms with Crippen LogP contribution in [0.1, 0.15) is 24.0 Å². The van der Waals surface area contributed by atoms with Crippen LogP contribution < -0.4 is 5.73 Å². The molecule has 3 heteroatoms. The van der Waals surface area contributed by atoms with Crippen molar-refractivity contribution in [3.8, 4) is 0 Å². The normalized spacial score (nSPS) is 12.0. The van der Waals surface area contributed by atoms with Gasteiger partial charge in [-0.3, -0.25) is 4.79 Å². The number of benzene rings is 3. The number of fused-ring (bicyclic) bond motifs is 1. The minimum Gasteiger partial charge on any atom is -0.460 e. The number of esters is 1. The van der Waals surface area contributed by atoms with Crippen LogP contribution in [0.15, 0.2) is 66.7 Å². The van der Waals surface area contributed by atoms with Gasteiger partial charge in [-0.2, -0.15) is 0 Å². The molecule has 0 spiro atoms. The molecule has 0 heterocycles. The minimum atomic E-state index is -0.400. The van der Waals surface area contributed by atoms with E-state index in [1.807, 2.05) is 73.7 Å². The lowest BCUT2D eigenvalue weighted by atomic mass is 9.95. The number of nitrogen functional groups attached to an aromatic ring is 1. The molecule has 116 valence electrons. The number of anilines is 1. The van der Waals surface area contributed by atoms with E-state index in [1.54, 1.807) is 0 Å². The average molecular weight is 305 g/mol. The Kier molecular flexibility index (Phi) is 4.29. The average Bonchev–Trinajstić information content (AvgIpc) is 2.60. The fourth-order valence-electron chi connectivity index (χ4n) is 2.67. The molecule has 1 atom stereocenters. The Labute approximate surface area is 135 Å². The molecule has 0 aliphatic heterocycles. The van der Waals surface area contributed by atoms with Crippen LogP contribution in [0.3, 0.4) is 0 Å². The molecule has 3 aromatic rings. The molecule has 2 N–H and O–H groups in total. The Morgan fingerprint density at radius 3 is 2.48 bits per heavy atom. The van der Waals surface area contributed by atoms with Crippen molar-refractivity contribution in [2.45, 2.75) is 19.4 Å². The zero-order chi connectivity index (χ0) is 16.2. The molecule has 3 aromatic carbocycles. The lowest BCUT2D eigenvalue weighted by Gasteiger charge is -2.15. The Balaban J connectivity index is 1.78. The van der Waals surface area contributed by atoms with E-state index in [-0.39, 0.29) is 12.6 Å². The van der Waals surface area contributed by atoms with Crippen molar-refractivity contribution in [2.75, 3.05) is 5.73 Å². The number of nitrogens with two attached hydrogens (primary N) is 1. The third-order valence-corrected chi connectivity index (χ3v) is 4.05. The third kappa shape index (κ3) is 3.19. The monoisotopic (exact) mass is 305 g/mol. The summed E-state index contributed by atoms with van der Waals surface area (Å²) in [6.07, 6.45) is 0. The summed E-state index contributed by atoms with van der Waals surface area (Å²) >= 11 is 0. The van der Waals surface area contributed by atoms with Crippen molar-refractivity contribution in [3.05, 3.63) is 77.9 Å². The Hall–Kier alpha value is -2.81. The summed E-state index contributed by atoms with van der Waals surface area (Å²) in [5.41, 5.74) is 8.68. The molecule has 0 radical (unpaired) electrons. The van der Waals surface area contributed by atoms with Gasteiger partial charge in [0.05, 0.1) is 5.92 Å². The maximum atomic E-state index is 12.3.